The molecule has 3 aliphatic rings. The Hall–Kier alpha value is -3.74. The van der Waals surface area contributed by atoms with Crippen LogP contribution in [0.25, 0.3) is 0 Å². The second-order valence-electron chi connectivity index (χ2n) is 12.7. The zero-order chi connectivity index (χ0) is 34.8. The Bertz CT molecular complexity index is 1520. The van der Waals surface area contributed by atoms with Gasteiger partial charge in [-0.25, -0.2) is 0 Å². The molecule has 2 heterocycles. The number of aromatic hydroxyl groups is 1. The van der Waals surface area contributed by atoms with E-state index >= 15 is 0 Å². The van der Waals surface area contributed by atoms with Gasteiger partial charge in [-0.15, -0.1) is 0 Å². The average Bonchev–Trinajstić information content (AvgIpc) is 3.03. The number of phenols is 1. The van der Waals surface area contributed by atoms with E-state index in [-0.39, 0.29) is 33.5 Å². The maximum absolute atomic E-state index is 13.7. The number of carbonyl (C=O) groups excluding carboxylic acids is 4. The minimum Gasteiger partial charge on any atom is -0.507 e. The summed E-state index contributed by atoms with van der Waals surface area (Å²) in [6, 6.07) is 1.26. The third-order valence-corrected chi connectivity index (χ3v) is 9.34. The van der Waals surface area contributed by atoms with E-state index in [0.717, 1.165) is 6.08 Å². The summed E-state index contributed by atoms with van der Waals surface area (Å²) in [5.74, 6) is -7.57. The minimum absolute atomic E-state index is 0.0586. The number of benzene rings is 1. The number of aliphatic hydroxyl groups excluding tert-OH is 5. The van der Waals surface area contributed by atoms with Crippen molar-refractivity contribution in [3.8, 4) is 5.75 Å². The van der Waals surface area contributed by atoms with Crippen molar-refractivity contribution in [3.05, 3.63) is 75.5 Å². The Labute approximate surface area is 268 Å². The molecule has 0 saturated heterocycles. The highest BCUT2D eigenvalue weighted by Gasteiger charge is 2.39. The lowest BCUT2D eigenvalue weighted by Gasteiger charge is -2.37. The van der Waals surface area contributed by atoms with Crippen molar-refractivity contribution in [2.24, 2.45) is 29.6 Å². The largest absolute Gasteiger partial charge is 0.507 e. The summed E-state index contributed by atoms with van der Waals surface area (Å²) in [5, 5.41) is 67.8. The molecule has 1 amide bonds. The number of phenolic OH excluding ortho intramolecular Hbond substituents is 1. The van der Waals surface area contributed by atoms with E-state index in [4.69, 9.17) is 0 Å². The maximum Gasteiger partial charge on any atom is 0.251 e. The zero-order valence-corrected chi connectivity index (χ0v) is 27.2. The van der Waals surface area contributed by atoms with Gasteiger partial charge >= 0.3 is 0 Å². The second kappa shape index (κ2) is 14.8. The molecular weight excluding hydrogens is 594 g/mol. The molecule has 9 atom stereocenters. The number of amides is 1. The van der Waals surface area contributed by atoms with Crippen molar-refractivity contribution < 1.29 is 49.8 Å². The first kappa shape index (κ1) is 36.7. The van der Waals surface area contributed by atoms with E-state index in [1.807, 2.05) is 0 Å². The number of Topliss-reactive ketones (excluding diaryl/α,β-unsaturated/α-hetero) is 2. The van der Waals surface area contributed by atoms with E-state index in [0.29, 0.717) is 0 Å². The molecule has 0 radical (unpaired) electrons. The van der Waals surface area contributed by atoms with Crippen LogP contribution >= 0.6 is 0 Å². The lowest BCUT2D eigenvalue weighted by Crippen LogP contribution is -2.46. The van der Waals surface area contributed by atoms with Crippen LogP contribution in [0.3, 0.4) is 0 Å². The number of allylic oxidation sites excluding steroid dienone is 5. The SMILES string of the molecule is CC1=CC=C[C@H](C)[C@H](O)[C@@H](C)[C@@H](O)[C@@H](C)[C@H](O)[C@H](C)[C@@H](O)[C@H](CO)C=C(C)C(=O)c2c(O)c(C)cc3c2C(=O)C=C(NC1=O)C3=O. The van der Waals surface area contributed by atoms with Gasteiger partial charge in [-0.05, 0) is 38.0 Å². The highest BCUT2D eigenvalue weighted by molar-refractivity contribution is 6.30. The fourth-order valence-electron chi connectivity index (χ4n) is 6.04. The average molecular weight is 640 g/mol. The fourth-order valence-corrected chi connectivity index (χ4v) is 6.04. The van der Waals surface area contributed by atoms with Gasteiger partial charge in [-0.1, -0.05) is 52.0 Å². The third kappa shape index (κ3) is 7.29. The number of hydrogen-bond acceptors (Lipinski definition) is 10. The lowest BCUT2D eigenvalue weighted by molar-refractivity contribution is -0.116. The van der Waals surface area contributed by atoms with E-state index < -0.39 is 95.2 Å². The molecule has 0 unspecified atom stereocenters. The molecule has 0 aromatic heterocycles. The maximum atomic E-state index is 13.7. The predicted octanol–water partition coefficient (Wildman–Crippen LogP) is 2.32. The van der Waals surface area contributed by atoms with Crippen LogP contribution in [-0.4, -0.2) is 84.9 Å². The van der Waals surface area contributed by atoms with Gasteiger partial charge in [0.2, 0.25) is 5.78 Å². The molecule has 1 aromatic carbocycles. The molecule has 46 heavy (non-hydrogen) atoms. The summed E-state index contributed by atoms with van der Waals surface area (Å²) < 4.78 is 0. The Balaban J connectivity index is 2.19. The van der Waals surface area contributed by atoms with Crippen molar-refractivity contribution in [3.63, 3.8) is 0 Å². The highest BCUT2D eigenvalue weighted by Crippen LogP contribution is 2.35. The quantitative estimate of drug-likeness (QED) is 0.239. The molecule has 1 aliphatic carbocycles. The van der Waals surface area contributed by atoms with E-state index in [1.165, 1.54) is 45.9 Å². The summed E-state index contributed by atoms with van der Waals surface area (Å²) in [4.78, 5) is 53.5. The highest BCUT2D eigenvalue weighted by atomic mass is 16.3. The number of nitrogens with one attached hydrogen (secondary N) is 1. The molecule has 4 rings (SSSR count). The van der Waals surface area contributed by atoms with Crippen LogP contribution in [0.4, 0.5) is 0 Å². The summed E-state index contributed by atoms with van der Waals surface area (Å²) in [6.07, 6.45) is 1.87. The first-order chi connectivity index (χ1) is 21.4. The standard InChI is InChI=1S/C35H45NO10/c1-15-9-8-10-16(2)35(46)36-24-13-25(38)26-23(34(24)45)12-18(4)30(41)27(26)29(40)17(3)11-22(14-37)33(44)21(7)32(43)20(6)31(42)19(5)28(15)39/h8-13,15,19-22,28,31-33,37,39,41-44H,14H2,1-7H3,(H,36,46)/t15-,19+,20+,21-,22-,28-,31+,32-,33+/m0/s1. The Morgan fingerprint density at radius 1 is 0.761 bits per heavy atom. The van der Waals surface area contributed by atoms with Gasteiger partial charge in [0.15, 0.2) is 11.6 Å². The molecule has 7 N–H and O–H groups in total. The smallest absolute Gasteiger partial charge is 0.251 e. The number of aliphatic hydroxyl groups is 5. The zero-order valence-electron chi connectivity index (χ0n) is 27.2. The number of carbonyl (C=O) groups is 4. The first-order valence-electron chi connectivity index (χ1n) is 15.3. The molecule has 250 valence electrons. The molecule has 11 nitrogen and oxygen atoms in total. The topological polar surface area (TPSA) is 202 Å². The van der Waals surface area contributed by atoms with Crippen LogP contribution in [0.15, 0.2) is 53.3 Å². The first-order valence-corrected chi connectivity index (χ1v) is 15.3. The van der Waals surface area contributed by atoms with Crippen molar-refractivity contribution in [2.45, 2.75) is 72.9 Å². The molecule has 0 fully saturated rings. The lowest BCUT2D eigenvalue weighted by atomic mass is 9.76. The molecular formula is C35H45NO10. The summed E-state index contributed by atoms with van der Waals surface area (Å²) in [7, 11) is 0. The summed E-state index contributed by atoms with van der Waals surface area (Å²) >= 11 is 0. The van der Waals surface area contributed by atoms with E-state index in [9.17, 15) is 49.8 Å². The number of ketones is 3. The van der Waals surface area contributed by atoms with Gasteiger partial charge < -0.3 is 36.0 Å². The van der Waals surface area contributed by atoms with Gasteiger partial charge in [-0.2, -0.15) is 0 Å². The molecule has 0 spiro atoms. The second-order valence-corrected chi connectivity index (χ2v) is 12.7. The monoisotopic (exact) mass is 639 g/mol. The predicted molar refractivity (Wildman–Crippen MR) is 170 cm³/mol. The van der Waals surface area contributed by atoms with Crippen molar-refractivity contribution in [1.29, 1.82) is 0 Å². The van der Waals surface area contributed by atoms with Crippen LogP contribution in [-0.2, 0) is 4.79 Å². The van der Waals surface area contributed by atoms with Crippen LogP contribution in [0.1, 0.15) is 78.2 Å². The number of aryl methyl sites for hydroxylation is 1. The normalized spacial score (nSPS) is 32.1. The molecule has 0 saturated carbocycles. The van der Waals surface area contributed by atoms with Crippen molar-refractivity contribution >= 4 is 23.3 Å². The van der Waals surface area contributed by atoms with Gasteiger partial charge in [0.1, 0.15) is 5.75 Å². The van der Waals surface area contributed by atoms with Gasteiger partial charge in [0, 0.05) is 52.4 Å². The molecule has 2 aliphatic heterocycles. The van der Waals surface area contributed by atoms with Crippen molar-refractivity contribution in [2.75, 3.05) is 6.61 Å². The number of rotatable bonds is 1. The van der Waals surface area contributed by atoms with Gasteiger partial charge in [0.25, 0.3) is 5.91 Å². The third-order valence-electron chi connectivity index (χ3n) is 9.34. The fraction of sp³-hybridized carbons (Fsp3) is 0.486. The number of fused-ring (bicyclic) bond motifs is 15. The Kier molecular flexibility index (Phi) is 11.8. The van der Waals surface area contributed by atoms with Gasteiger partial charge in [-0.3, -0.25) is 19.2 Å². The Morgan fingerprint density at radius 2 is 1.33 bits per heavy atom. The van der Waals surface area contributed by atoms with Crippen LogP contribution in [0.5, 0.6) is 5.75 Å². The summed E-state index contributed by atoms with van der Waals surface area (Å²) in [5.41, 5.74) is -1.02. The van der Waals surface area contributed by atoms with E-state index in [1.54, 1.807) is 32.9 Å². The Morgan fingerprint density at radius 3 is 1.91 bits per heavy atom. The minimum atomic E-state index is -1.39. The summed E-state index contributed by atoms with van der Waals surface area (Å²) in [6.45, 7) is 10.1. The van der Waals surface area contributed by atoms with Crippen molar-refractivity contribution in [1.82, 2.24) is 5.32 Å². The number of hydrogen-bond donors (Lipinski definition) is 7. The van der Waals surface area contributed by atoms with Crippen LogP contribution in [0.2, 0.25) is 0 Å². The van der Waals surface area contributed by atoms with E-state index in [2.05, 4.69) is 5.32 Å². The molecule has 1 aromatic rings. The van der Waals surface area contributed by atoms with Gasteiger partial charge in [0.05, 0.1) is 42.3 Å². The van der Waals surface area contributed by atoms with Crippen LogP contribution in [0, 0.1) is 36.5 Å². The molecule has 11 heteroatoms. The molecule has 4 bridgehead atoms. The van der Waals surface area contributed by atoms with Crippen LogP contribution < -0.4 is 5.32 Å².